The van der Waals surface area contributed by atoms with Crippen molar-refractivity contribution < 1.29 is 0 Å². The third kappa shape index (κ3) is 4.58. The number of aromatic nitrogens is 2. The summed E-state index contributed by atoms with van der Waals surface area (Å²) in [6.07, 6.45) is 9.67. The van der Waals surface area contributed by atoms with E-state index in [1.54, 1.807) is 6.33 Å². The topological polar surface area (TPSA) is 49.8 Å². The van der Waals surface area contributed by atoms with Gasteiger partial charge in [-0.15, -0.1) is 0 Å². The molecular weight excluding hydrogens is 260 g/mol. The van der Waals surface area contributed by atoms with E-state index in [2.05, 4.69) is 41.4 Å². The van der Waals surface area contributed by atoms with Crippen molar-refractivity contribution in [2.75, 3.05) is 23.7 Å². The molecule has 0 radical (unpaired) electrons. The molecule has 4 heteroatoms. The maximum atomic E-state index is 4.49. The Morgan fingerprint density at radius 1 is 1.10 bits per heavy atom. The zero-order valence-electron chi connectivity index (χ0n) is 13.8. The fourth-order valence-electron chi connectivity index (χ4n) is 3.10. The fourth-order valence-corrected chi connectivity index (χ4v) is 3.10. The van der Waals surface area contributed by atoms with Crippen molar-refractivity contribution in [2.45, 2.75) is 65.2 Å². The zero-order valence-corrected chi connectivity index (χ0v) is 13.8. The van der Waals surface area contributed by atoms with Gasteiger partial charge in [-0.2, -0.15) is 0 Å². The van der Waals surface area contributed by atoms with Gasteiger partial charge in [0.2, 0.25) is 0 Å². The van der Waals surface area contributed by atoms with E-state index in [1.807, 2.05) is 0 Å². The standard InChI is InChI=1S/C17H30N4/c1-4-10-18-16-15(13(2)3)17(21-12-20-16)19-11-14-8-6-5-7-9-14/h12-14H,4-11H2,1-3H3,(H2,18,19,20,21). The fraction of sp³-hybridized carbons (Fsp3) is 0.765. The van der Waals surface area contributed by atoms with Crippen molar-refractivity contribution in [1.82, 2.24) is 9.97 Å². The van der Waals surface area contributed by atoms with Crippen molar-refractivity contribution in [3.8, 4) is 0 Å². The molecule has 21 heavy (non-hydrogen) atoms. The molecule has 0 spiro atoms. The average Bonchev–Trinajstić information content (AvgIpc) is 2.51. The Labute approximate surface area is 129 Å². The van der Waals surface area contributed by atoms with Crippen LogP contribution in [0.1, 0.15) is 70.8 Å². The minimum atomic E-state index is 0.416. The Hall–Kier alpha value is -1.32. The first-order valence-electron chi connectivity index (χ1n) is 8.55. The van der Waals surface area contributed by atoms with Crippen molar-refractivity contribution in [3.05, 3.63) is 11.9 Å². The Bertz CT molecular complexity index is 425. The monoisotopic (exact) mass is 290 g/mol. The first-order chi connectivity index (χ1) is 10.2. The molecule has 0 amide bonds. The zero-order chi connectivity index (χ0) is 15.1. The number of nitrogens with one attached hydrogen (secondary N) is 2. The van der Waals surface area contributed by atoms with Crippen LogP contribution >= 0.6 is 0 Å². The van der Waals surface area contributed by atoms with Crippen LogP contribution in [0.2, 0.25) is 0 Å². The quantitative estimate of drug-likeness (QED) is 0.780. The maximum absolute atomic E-state index is 4.49. The molecule has 0 saturated heterocycles. The normalized spacial score (nSPS) is 16.2. The van der Waals surface area contributed by atoms with Crippen molar-refractivity contribution in [1.29, 1.82) is 0 Å². The molecule has 2 N–H and O–H groups in total. The lowest BCUT2D eigenvalue weighted by atomic mass is 9.89. The highest BCUT2D eigenvalue weighted by molar-refractivity contribution is 5.59. The minimum absolute atomic E-state index is 0.416. The Morgan fingerprint density at radius 2 is 1.76 bits per heavy atom. The van der Waals surface area contributed by atoms with Gasteiger partial charge >= 0.3 is 0 Å². The summed E-state index contributed by atoms with van der Waals surface area (Å²) in [6.45, 7) is 8.59. The summed E-state index contributed by atoms with van der Waals surface area (Å²) in [4.78, 5) is 8.92. The molecule has 1 heterocycles. The van der Waals surface area contributed by atoms with Gasteiger partial charge in [0.25, 0.3) is 0 Å². The Morgan fingerprint density at radius 3 is 2.38 bits per heavy atom. The molecule has 2 rings (SSSR count). The number of hydrogen-bond acceptors (Lipinski definition) is 4. The smallest absolute Gasteiger partial charge is 0.134 e. The summed E-state index contributed by atoms with van der Waals surface area (Å²) in [5.41, 5.74) is 1.22. The largest absolute Gasteiger partial charge is 0.370 e. The summed E-state index contributed by atoms with van der Waals surface area (Å²) in [6, 6.07) is 0. The predicted octanol–water partition coefficient (Wildman–Crippen LogP) is 4.41. The van der Waals surface area contributed by atoms with Crippen molar-refractivity contribution in [2.24, 2.45) is 5.92 Å². The highest BCUT2D eigenvalue weighted by Gasteiger charge is 2.17. The van der Waals surface area contributed by atoms with Crippen LogP contribution in [0, 0.1) is 5.92 Å². The van der Waals surface area contributed by atoms with Crippen LogP contribution in [0.3, 0.4) is 0 Å². The van der Waals surface area contributed by atoms with Gasteiger partial charge in [-0.05, 0) is 31.1 Å². The van der Waals surface area contributed by atoms with E-state index in [0.717, 1.165) is 37.1 Å². The van der Waals surface area contributed by atoms with Crippen LogP contribution in [0.15, 0.2) is 6.33 Å². The molecule has 4 nitrogen and oxygen atoms in total. The third-order valence-corrected chi connectivity index (χ3v) is 4.29. The molecule has 0 aliphatic heterocycles. The first-order valence-corrected chi connectivity index (χ1v) is 8.55. The lowest BCUT2D eigenvalue weighted by Gasteiger charge is -2.23. The van der Waals surface area contributed by atoms with Crippen LogP contribution in [0.25, 0.3) is 0 Å². The summed E-state index contributed by atoms with van der Waals surface area (Å²) < 4.78 is 0. The van der Waals surface area contributed by atoms with E-state index in [-0.39, 0.29) is 0 Å². The van der Waals surface area contributed by atoms with E-state index in [0.29, 0.717) is 5.92 Å². The molecule has 1 saturated carbocycles. The average molecular weight is 290 g/mol. The van der Waals surface area contributed by atoms with Gasteiger partial charge in [-0.25, -0.2) is 9.97 Å². The molecule has 0 bridgehead atoms. The first kappa shape index (κ1) is 16.1. The van der Waals surface area contributed by atoms with Gasteiger partial charge in [-0.3, -0.25) is 0 Å². The highest BCUT2D eigenvalue weighted by Crippen LogP contribution is 2.29. The maximum Gasteiger partial charge on any atom is 0.134 e. The van der Waals surface area contributed by atoms with Crippen LogP contribution in [0.5, 0.6) is 0 Å². The summed E-state index contributed by atoms with van der Waals surface area (Å²) in [5.74, 6) is 3.23. The molecule has 1 aromatic rings. The van der Waals surface area contributed by atoms with Gasteiger partial charge in [0.05, 0.1) is 0 Å². The summed E-state index contributed by atoms with van der Waals surface area (Å²) in [7, 11) is 0. The van der Waals surface area contributed by atoms with E-state index in [1.165, 1.54) is 37.7 Å². The number of nitrogens with zero attached hydrogens (tertiary/aromatic N) is 2. The van der Waals surface area contributed by atoms with E-state index >= 15 is 0 Å². The molecule has 1 aliphatic rings. The van der Waals surface area contributed by atoms with Gasteiger partial charge < -0.3 is 10.6 Å². The van der Waals surface area contributed by atoms with Crippen molar-refractivity contribution in [3.63, 3.8) is 0 Å². The van der Waals surface area contributed by atoms with Crippen LogP contribution in [-0.2, 0) is 0 Å². The predicted molar refractivity (Wildman–Crippen MR) is 90.0 cm³/mol. The van der Waals surface area contributed by atoms with Gasteiger partial charge in [-0.1, -0.05) is 40.0 Å². The summed E-state index contributed by atoms with van der Waals surface area (Å²) >= 11 is 0. The molecule has 0 unspecified atom stereocenters. The number of anilines is 2. The second-order valence-corrected chi connectivity index (χ2v) is 6.45. The SMILES string of the molecule is CCCNc1ncnc(NCC2CCCCC2)c1C(C)C. The Balaban J connectivity index is 2.06. The second kappa shape index (κ2) is 8.20. The molecule has 0 aromatic carbocycles. The van der Waals surface area contributed by atoms with Crippen LogP contribution in [-0.4, -0.2) is 23.1 Å². The molecule has 0 atom stereocenters. The molecule has 1 aromatic heterocycles. The van der Waals surface area contributed by atoms with Gasteiger partial charge in [0.15, 0.2) is 0 Å². The highest BCUT2D eigenvalue weighted by atomic mass is 15.1. The van der Waals surface area contributed by atoms with Crippen LogP contribution < -0.4 is 10.6 Å². The second-order valence-electron chi connectivity index (χ2n) is 6.45. The molecular formula is C17H30N4. The van der Waals surface area contributed by atoms with Crippen molar-refractivity contribution >= 4 is 11.6 Å². The molecule has 118 valence electrons. The van der Waals surface area contributed by atoms with E-state index in [9.17, 15) is 0 Å². The molecule has 1 aliphatic carbocycles. The van der Waals surface area contributed by atoms with Crippen LogP contribution in [0.4, 0.5) is 11.6 Å². The van der Waals surface area contributed by atoms with Gasteiger partial charge in [0, 0.05) is 18.7 Å². The number of hydrogen-bond donors (Lipinski definition) is 2. The van der Waals surface area contributed by atoms with E-state index in [4.69, 9.17) is 0 Å². The molecule has 1 fully saturated rings. The third-order valence-electron chi connectivity index (χ3n) is 4.29. The lowest BCUT2D eigenvalue weighted by molar-refractivity contribution is 0.373. The summed E-state index contributed by atoms with van der Waals surface area (Å²) in [5, 5.41) is 7.02. The van der Waals surface area contributed by atoms with Gasteiger partial charge in [0.1, 0.15) is 18.0 Å². The van der Waals surface area contributed by atoms with E-state index < -0.39 is 0 Å². The lowest BCUT2D eigenvalue weighted by Crippen LogP contribution is -2.19. The Kier molecular flexibility index (Phi) is 6.27. The number of rotatable bonds is 7. The minimum Gasteiger partial charge on any atom is -0.370 e.